The highest BCUT2D eigenvalue weighted by molar-refractivity contribution is 6.16. The van der Waals surface area contributed by atoms with Gasteiger partial charge in [0.15, 0.2) is 5.54 Å². The van der Waals surface area contributed by atoms with E-state index in [0.29, 0.717) is 22.9 Å². The summed E-state index contributed by atoms with van der Waals surface area (Å²) in [6, 6.07) is 18.0. The predicted molar refractivity (Wildman–Crippen MR) is 105 cm³/mol. The summed E-state index contributed by atoms with van der Waals surface area (Å²) < 4.78 is 10.8. The first-order valence-corrected chi connectivity index (χ1v) is 8.94. The number of furan rings is 1. The Labute approximate surface area is 162 Å². The van der Waals surface area contributed by atoms with Crippen LogP contribution in [0.15, 0.2) is 71.3 Å². The molecule has 1 atom stereocenters. The fourth-order valence-electron chi connectivity index (χ4n) is 3.54. The van der Waals surface area contributed by atoms with E-state index in [4.69, 9.17) is 9.15 Å². The standard InChI is InChI=1S/C22H20N2O4/c1-15-6-3-4-7-18(15)23-21(26)22(19-8-5-13-28-19)14-20(25)24(22)16-9-11-17(27-2)12-10-16/h3-13H,14H2,1-2H3,(H,23,26). The fraction of sp³-hybridized carbons (Fsp3) is 0.182. The number of aryl methyl sites for hydroxylation is 1. The average molecular weight is 376 g/mol. The van der Waals surface area contributed by atoms with Crippen LogP contribution in [-0.4, -0.2) is 18.9 Å². The zero-order chi connectivity index (χ0) is 19.7. The Balaban J connectivity index is 1.75. The van der Waals surface area contributed by atoms with Crippen molar-refractivity contribution in [3.63, 3.8) is 0 Å². The van der Waals surface area contributed by atoms with Crippen molar-refractivity contribution in [3.05, 3.63) is 78.3 Å². The minimum absolute atomic E-state index is 0.0320. The second-order valence-corrected chi connectivity index (χ2v) is 6.71. The summed E-state index contributed by atoms with van der Waals surface area (Å²) in [5, 5.41) is 2.97. The second kappa shape index (κ2) is 6.88. The maximum Gasteiger partial charge on any atom is 0.259 e. The molecule has 1 aliphatic heterocycles. The molecule has 0 saturated carbocycles. The number of hydrogen-bond donors (Lipinski definition) is 1. The molecule has 2 aromatic carbocycles. The maximum absolute atomic E-state index is 13.4. The molecule has 6 heteroatoms. The summed E-state index contributed by atoms with van der Waals surface area (Å²) in [4.78, 5) is 27.5. The highest BCUT2D eigenvalue weighted by Gasteiger charge is 2.60. The van der Waals surface area contributed by atoms with Gasteiger partial charge in [0.25, 0.3) is 5.91 Å². The number of anilines is 2. The number of rotatable bonds is 5. The van der Waals surface area contributed by atoms with Gasteiger partial charge < -0.3 is 14.5 Å². The number of amides is 2. The minimum atomic E-state index is -1.24. The van der Waals surface area contributed by atoms with Crippen LogP contribution in [0, 0.1) is 6.92 Å². The Hall–Kier alpha value is -3.54. The third-order valence-corrected chi connectivity index (χ3v) is 5.07. The van der Waals surface area contributed by atoms with Gasteiger partial charge in [-0.3, -0.25) is 14.5 Å². The topological polar surface area (TPSA) is 71.8 Å². The maximum atomic E-state index is 13.4. The number of methoxy groups -OCH3 is 1. The molecule has 1 aliphatic rings. The van der Waals surface area contributed by atoms with Crippen molar-refractivity contribution in [1.29, 1.82) is 0 Å². The van der Waals surface area contributed by atoms with Gasteiger partial charge in [0, 0.05) is 11.4 Å². The largest absolute Gasteiger partial charge is 0.497 e. The zero-order valence-electron chi connectivity index (χ0n) is 15.6. The smallest absolute Gasteiger partial charge is 0.259 e. The first-order chi connectivity index (χ1) is 13.6. The third-order valence-electron chi connectivity index (χ3n) is 5.07. The molecule has 6 nitrogen and oxygen atoms in total. The van der Waals surface area contributed by atoms with E-state index in [-0.39, 0.29) is 18.2 Å². The lowest BCUT2D eigenvalue weighted by molar-refractivity contribution is -0.138. The summed E-state index contributed by atoms with van der Waals surface area (Å²) in [5.41, 5.74) is 1.00. The van der Waals surface area contributed by atoms with Crippen LogP contribution in [0.2, 0.25) is 0 Å². The van der Waals surface area contributed by atoms with Gasteiger partial charge in [-0.1, -0.05) is 18.2 Å². The number of carbonyl (C=O) groups is 2. The number of hydrogen-bond acceptors (Lipinski definition) is 4. The van der Waals surface area contributed by atoms with Crippen molar-refractivity contribution in [3.8, 4) is 5.75 Å². The summed E-state index contributed by atoms with van der Waals surface area (Å²) in [7, 11) is 1.58. The molecule has 2 heterocycles. The number of β-lactam (4-membered cyclic amide) rings is 1. The Kier molecular flexibility index (Phi) is 4.39. The van der Waals surface area contributed by atoms with E-state index >= 15 is 0 Å². The highest BCUT2D eigenvalue weighted by atomic mass is 16.5. The molecule has 0 radical (unpaired) electrons. The van der Waals surface area contributed by atoms with Crippen LogP contribution in [0.1, 0.15) is 17.7 Å². The van der Waals surface area contributed by atoms with E-state index in [1.54, 1.807) is 43.5 Å². The molecular formula is C22H20N2O4. The van der Waals surface area contributed by atoms with Gasteiger partial charge in [0.2, 0.25) is 5.91 Å². The van der Waals surface area contributed by atoms with Gasteiger partial charge in [0.1, 0.15) is 11.5 Å². The van der Waals surface area contributed by atoms with E-state index in [9.17, 15) is 9.59 Å². The lowest BCUT2D eigenvalue weighted by Crippen LogP contribution is -2.67. The molecule has 2 amide bonds. The molecule has 1 saturated heterocycles. The quantitative estimate of drug-likeness (QED) is 0.686. The number of para-hydroxylation sites is 1. The number of carbonyl (C=O) groups excluding carboxylic acids is 2. The van der Waals surface area contributed by atoms with Crippen molar-refractivity contribution in [2.75, 3.05) is 17.3 Å². The van der Waals surface area contributed by atoms with Gasteiger partial charge in [0.05, 0.1) is 19.8 Å². The predicted octanol–water partition coefficient (Wildman–Crippen LogP) is 3.87. The summed E-state index contributed by atoms with van der Waals surface area (Å²) in [5.74, 6) is 0.632. The summed E-state index contributed by atoms with van der Waals surface area (Å²) >= 11 is 0. The SMILES string of the molecule is COc1ccc(N2C(=O)CC2(C(=O)Nc2ccccc2C)c2ccco2)cc1. The molecule has 4 rings (SSSR count). The Morgan fingerprint density at radius 2 is 1.86 bits per heavy atom. The van der Waals surface area contributed by atoms with Crippen LogP contribution >= 0.6 is 0 Å². The Morgan fingerprint density at radius 3 is 2.46 bits per heavy atom. The molecule has 1 aromatic heterocycles. The van der Waals surface area contributed by atoms with Crippen molar-refractivity contribution in [2.24, 2.45) is 0 Å². The van der Waals surface area contributed by atoms with Crippen LogP contribution in [-0.2, 0) is 15.1 Å². The zero-order valence-corrected chi connectivity index (χ0v) is 15.6. The molecule has 3 aromatic rings. The fourth-order valence-corrected chi connectivity index (χ4v) is 3.54. The number of benzene rings is 2. The van der Waals surface area contributed by atoms with Gasteiger partial charge in [-0.05, 0) is 55.0 Å². The number of ether oxygens (including phenoxy) is 1. The average Bonchev–Trinajstić information content (AvgIpc) is 3.23. The lowest BCUT2D eigenvalue weighted by atomic mass is 9.79. The molecule has 1 unspecified atom stereocenters. The van der Waals surface area contributed by atoms with E-state index in [0.717, 1.165) is 5.56 Å². The molecule has 1 N–H and O–H groups in total. The van der Waals surface area contributed by atoms with Gasteiger partial charge in [-0.15, -0.1) is 0 Å². The summed E-state index contributed by atoms with van der Waals surface area (Å²) in [6.45, 7) is 1.92. The number of nitrogens with zero attached hydrogens (tertiary/aromatic N) is 1. The molecule has 28 heavy (non-hydrogen) atoms. The molecular weight excluding hydrogens is 356 g/mol. The van der Waals surface area contributed by atoms with E-state index in [1.165, 1.54) is 11.2 Å². The third kappa shape index (κ3) is 2.74. The van der Waals surface area contributed by atoms with Crippen LogP contribution in [0.5, 0.6) is 5.75 Å². The molecule has 1 fully saturated rings. The second-order valence-electron chi connectivity index (χ2n) is 6.71. The molecule has 0 spiro atoms. The Morgan fingerprint density at radius 1 is 1.11 bits per heavy atom. The summed E-state index contributed by atoms with van der Waals surface area (Å²) in [6.07, 6.45) is 1.54. The molecule has 0 aliphatic carbocycles. The first-order valence-electron chi connectivity index (χ1n) is 8.94. The van der Waals surface area contributed by atoms with Crippen molar-refractivity contribution in [1.82, 2.24) is 0 Å². The first kappa shape index (κ1) is 17.9. The van der Waals surface area contributed by atoms with Crippen molar-refractivity contribution in [2.45, 2.75) is 18.9 Å². The highest BCUT2D eigenvalue weighted by Crippen LogP contribution is 2.46. The van der Waals surface area contributed by atoms with Crippen LogP contribution < -0.4 is 15.0 Å². The van der Waals surface area contributed by atoms with E-state index < -0.39 is 5.54 Å². The van der Waals surface area contributed by atoms with Gasteiger partial charge in [-0.25, -0.2) is 0 Å². The van der Waals surface area contributed by atoms with Gasteiger partial charge in [-0.2, -0.15) is 0 Å². The van der Waals surface area contributed by atoms with Crippen LogP contribution in [0.25, 0.3) is 0 Å². The lowest BCUT2D eigenvalue weighted by Gasteiger charge is -2.49. The van der Waals surface area contributed by atoms with Crippen molar-refractivity contribution < 1.29 is 18.7 Å². The monoisotopic (exact) mass is 376 g/mol. The molecule has 142 valence electrons. The molecule has 0 bridgehead atoms. The Bertz CT molecular complexity index is 1010. The van der Waals surface area contributed by atoms with E-state index in [2.05, 4.69) is 5.32 Å². The van der Waals surface area contributed by atoms with Crippen LogP contribution in [0.4, 0.5) is 11.4 Å². The van der Waals surface area contributed by atoms with E-state index in [1.807, 2.05) is 31.2 Å². The number of nitrogens with one attached hydrogen (secondary N) is 1. The van der Waals surface area contributed by atoms with Crippen LogP contribution in [0.3, 0.4) is 0 Å². The van der Waals surface area contributed by atoms with Gasteiger partial charge >= 0.3 is 0 Å². The van der Waals surface area contributed by atoms with Crippen molar-refractivity contribution >= 4 is 23.2 Å². The normalized spacial score (nSPS) is 18.5. The minimum Gasteiger partial charge on any atom is -0.497 e.